The first-order valence-corrected chi connectivity index (χ1v) is 20.6. The van der Waals surface area contributed by atoms with Crippen LogP contribution in [-0.2, 0) is 5.41 Å². The third-order valence-electron chi connectivity index (χ3n) is 13.0. The Labute approximate surface area is 333 Å². The van der Waals surface area contributed by atoms with Gasteiger partial charge in [-0.3, -0.25) is 0 Å². The van der Waals surface area contributed by atoms with Crippen LogP contribution in [0.5, 0.6) is 0 Å². The van der Waals surface area contributed by atoms with Gasteiger partial charge in [-0.1, -0.05) is 147 Å². The molecule has 2 heterocycles. The minimum Gasteiger partial charge on any atom is -0.456 e. The summed E-state index contributed by atoms with van der Waals surface area (Å²) >= 11 is 1.94. The molecule has 0 radical (unpaired) electrons. The summed E-state index contributed by atoms with van der Waals surface area (Å²) in [4.78, 5) is 0. The van der Waals surface area contributed by atoms with Gasteiger partial charge in [0.05, 0.1) is 0 Å². The van der Waals surface area contributed by atoms with E-state index in [0.29, 0.717) is 0 Å². The van der Waals surface area contributed by atoms with Crippen molar-refractivity contribution in [3.8, 4) is 33.4 Å². The standard InChI is InChI=1S/C55H34OS/c1-55(2)48-14-8-7-13-39(48)45-28-33(17-24-49(45)55)35-19-26-51-47(30-35)46-29-34(18-25-50(46)56-51)32-16-20-41-44(27-32)38-12-6-5-11-37(38)40-22-23-43-42-21-15-31-9-3-4-10-36(31)53(42)57-54(43)52(40)41/h3-30H,1-2H3. The molecule has 2 aromatic heterocycles. The Morgan fingerprint density at radius 3 is 1.68 bits per heavy atom. The molecule has 1 aliphatic carbocycles. The van der Waals surface area contributed by atoms with Crippen LogP contribution in [0.3, 0.4) is 0 Å². The summed E-state index contributed by atoms with van der Waals surface area (Å²) in [7, 11) is 0. The maximum atomic E-state index is 6.45. The summed E-state index contributed by atoms with van der Waals surface area (Å²) in [5.74, 6) is 0. The fourth-order valence-corrected chi connectivity index (χ4v) is 11.6. The molecular formula is C55H34OS. The third-order valence-corrected chi connectivity index (χ3v) is 14.3. The number of fused-ring (bicyclic) bond motifs is 18. The molecule has 1 aliphatic rings. The number of benzene rings is 10. The molecule has 57 heavy (non-hydrogen) atoms. The zero-order valence-electron chi connectivity index (χ0n) is 31.5. The molecule has 266 valence electrons. The summed E-state index contributed by atoms with van der Waals surface area (Å²) in [5.41, 5.74) is 12.1. The maximum absolute atomic E-state index is 6.45. The molecule has 0 atom stereocenters. The minimum atomic E-state index is -0.00605. The number of hydrogen-bond donors (Lipinski definition) is 0. The van der Waals surface area contributed by atoms with Crippen molar-refractivity contribution in [1.82, 2.24) is 0 Å². The number of hydrogen-bond acceptors (Lipinski definition) is 2. The highest BCUT2D eigenvalue weighted by Gasteiger charge is 2.35. The van der Waals surface area contributed by atoms with E-state index in [4.69, 9.17) is 4.42 Å². The van der Waals surface area contributed by atoms with Crippen LogP contribution >= 0.6 is 11.3 Å². The number of rotatable bonds is 2. The van der Waals surface area contributed by atoms with Gasteiger partial charge < -0.3 is 4.42 Å². The van der Waals surface area contributed by atoms with Gasteiger partial charge in [-0.2, -0.15) is 0 Å². The van der Waals surface area contributed by atoms with Gasteiger partial charge in [0.15, 0.2) is 0 Å². The van der Waals surface area contributed by atoms with Crippen LogP contribution in [0.15, 0.2) is 174 Å². The summed E-state index contributed by atoms with van der Waals surface area (Å²) in [6, 6.07) is 63.3. The molecule has 0 bridgehead atoms. The lowest BCUT2D eigenvalue weighted by Crippen LogP contribution is -2.14. The number of furan rings is 1. The Morgan fingerprint density at radius 1 is 0.368 bits per heavy atom. The fraction of sp³-hybridized carbons (Fsp3) is 0.0545. The van der Waals surface area contributed by atoms with E-state index in [9.17, 15) is 0 Å². The SMILES string of the molecule is CC1(C)c2ccccc2-c2cc(-c3ccc4oc5ccc(-c6ccc7c(c6)c6ccccc6c6ccc8c9ccc%10ccccc%10c9sc8c67)cc5c4c3)ccc21. The van der Waals surface area contributed by atoms with Gasteiger partial charge in [0.2, 0.25) is 0 Å². The Kier molecular flexibility index (Phi) is 6.18. The predicted octanol–water partition coefficient (Wildman–Crippen LogP) is 16.2. The van der Waals surface area contributed by atoms with Crippen molar-refractivity contribution < 1.29 is 4.42 Å². The second-order valence-electron chi connectivity index (χ2n) is 16.4. The number of thiophene rings is 1. The van der Waals surface area contributed by atoms with Gasteiger partial charge in [-0.05, 0) is 119 Å². The molecule has 0 aliphatic heterocycles. The highest BCUT2D eigenvalue weighted by atomic mass is 32.1. The molecule has 0 fully saturated rings. The lowest BCUT2D eigenvalue weighted by Gasteiger charge is -2.21. The topological polar surface area (TPSA) is 13.1 Å². The summed E-state index contributed by atoms with van der Waals surface area (Å²) < 4.78 is 9.18. The van der Waals surface area contributed by atoms with Crippen molar-refractivity contribution in [2.45, 2.75) is 19.3 Å². The van der Waals surface area contributed by atoms with Crippen LogP contribution in [0, 0.1) is 0 Å². The molecule has 0 N–H and O–H groups in total. The molecule has 0 spiro atoms. The van der Waals surface area contributed by atoms with Crippen LogP contribution in [0.25, 0.3) is 119 Å². The minimum absolute atomic E-state index is 0.00605. The highest BCUT2D eigenvalue weighted by Crippen LogP contribution is 2.50. The summed E-state index contributed by atoms with van der Waals surface area (Å²) in [6.07, 6.45) is 0. The first kappa shape index (κ1) is 31.5. The van der Waals surface area contributed by atoms with Crippen molar-refractivity contribution in [2.75, 3.05) is 0 Å². The summed E-state index contributed by atoms with van der Waals surface area (Å²) in [6.45, 7) is 4.68. The lowest BCUT2D eigenvalue weighted by molar-refractivity contribution is 0.660. The Hall–Kier alpha value is -6.74. The van der Waals surface area contributed by atoms with Gasteiger partial charge in [0.25, 0.3) is 0 Å². The van der Waals surface area contributed by atoms with Gasteiger partial charge in [0.1, 0.15) is 11.2 Å². The summed E-state index contributed by atoms with van der Waals surface area (Å²) in [5, 5.41) is 15.4. The Morgan fingerprint density at radius 2 is 0.895 bits per heavy atom. The molecule has 1 nitrogen and oxygen atoms in total. The Balaban J connectivity index is 0.986. The molecule has 2 heteroatoms. The average Bonchev–Trinajstić information content (AvgIpc) is 3.90. The van der Waals surface area contributed by atoms with E-state index >= 15 is 0 Å². The molecular weight excluding hydrogens is 709 g/mol. The van der Waals surface area contributed by atoms with Gasteiger partial charge in [-0.25, -0.2) is 0 Å². The molecule has 0 amide bonds. The van der Waals surface area contributed by atoms with Crippen LogP contribution < -0.4 is 0 Å². The van der Waals surface area contributed by atoms with Crippen LogP contribution in [0.1, 0.15) is 25.0 Å². The normalized spacial score (nSPS) is 13.6. The molecule has 12 aromatic rings. The second-order valence-corrected chi connectivity index (χ2v) is 17.4. The molecule has 0 saturated heterocycles. The third kappa shape index (κ3) is 4.28. The average molecular weight is 743 g/mol. The van der Waals surface area contributed by atoms with E-state index in [1.54, 1.807) is 0 Å². The van der Waals surface area contributed by atoms with Crippen molar-refractivity contribution in [3.05, 3.63) is 181 Å². The van der Waals surface area contributed by atoms with Crippen molar-refractivity contribution >= 4 is 96.5 Å². The van der Waals surface area contributed by atoms with E-state index in [1.807, 2.05) is 11.3 Å². The maximum Gasteiger partial charge on any atom is 0.135 e. The van der Waals surface area contributed by atoms with Crippen molar-refractivity contribution in [1.29, 1.82) is 0 Å². The molecule has 0 unspecified atom stereocenters. The van der Waals surface area contributed by atoms with Crippen LogP contribution in [-0.4, -0.2) is 0 Å². The largest absolute Gasteiger partial charge is 0.456 e. The van der Waals surface area contributed by atoms with E-state index in [-0.39, 0.29) is 5.41 Å². The van der Waals surface area contributed by atoms with E-state index in [2.05, 4.69) is 184 Å². The van der Waals surface area contributed by atoms with Gasteiger partial charge >= 0.3 is 0 Å². The molecule has 0 saturated carbocycles. The van der Waals surface area contributed by atoms with Crippen molar-refractivity contribution in [3.63, 3.8) is 0 Å². The van der Waals surface area contributed by atoms with Crippen molar-refractivity contribution in [2.24, 2.45) is 0 Å². The lowest BCUT2D eigenvalue weighted by atomic mass is 9.82. The van der Waals surface area contributed by atoms with Crippen LogP contribution in [0.4, 0.5) is 0 Å². The fourth-order valence-electron chi connectivity index (χ4n) is 10.2. The van der Waals surface area contributed by atoms with E-state index < -0.39 is 0 Å². The van der Waals surface area contributed by atoms with E-state index in [0.717, 1.165) is 21.9 Å². The molecule has 13 rings (SSSR count). The molecule has 10 aromatic carbocycles. The zero-order valence-corrected chi connectivity index (χ0v) is 32.3. The first-order chi connectivity index (χ1) is 28.0. The predicted molar refractivity (Wildman–Crippen MR) is 245 cm³/mol. The smallest absolute Gasteiger partial charge is 0.135 e. The Bertz CT molecular complexity index is 3720. The second kappa shape index (κ2) is 11.2. The quantitative estimate of drug-likeness (QED) is 0.161. The van der Waals surface area contributed by atoms with E-state index in [1.165, 1.54) is 108 Å². The zero-order chi connectivity index (χ0) is 37.6. The highest BCUT2D eigenvalue weighted by molar-refractivity contribution is 7.27. The van der Waals surface area contributed by atoms with Gasteiger partial charge in [0, 0.05) is 41.7 Å². The first-order valence-electron chi connectivity index (χ1n) is 19.8. The van der Waals surface area contributed by atoms with Crippen LogP contribution in [0.2, 0.25) is 0 Å². The monoisotopic (exact) mass is 742 g/mol. The van der Waals surface area contributed by atoms with Gasteiger partial charge in [-0.15, -0.1) is 11.3 Å².